The van der Waals surface area contributed by atoms with Crippen LogP contribution in [0, 0.1) is 0 Å². The first-order valence-electron chi connectivity index (χ1n) is 11.5. The molecule has 0 bridgehead atoms. The fourth-order valence-electron chi connectivity index (χ4n) is 5.89. The number of rotatable bonds is 1. The van der Waals surface area contributed by atoms with Gasteiger partial charge in [0.2, 0.25) is 9.84 Å². The van der Waals surface area contributed by atoms with E-state index >= 15 is 0 Å². The van der Waals surface area contributed by atoms with Gasteiger partial charge >= 0.3 is 0 Å². The molecule has 0 N–H and O–H groups in total. The Balaban J connectivity index is 1.53. The predicted octanol–water partition coefficient (Wildman–Crippen LogP) is 7.72. The van der Waals surface area contributed by atoms with Crippen LogP contribution in [0.15, 0.2) is 107 Å². The first-order valence-corrected chi connectivity index (χ1v) is 13.0. The van der Waals surface area contributed by atoms with Crippen LogP contribution >= 0.6 is 0 Å². The number of hydrogen-bond donors (Lipinski definition) is 0. The summed E-state index contributed by atoms with van der Waals surface area (Å²) in [6.07, 6.45) is 0. The lowest BCUT2D eigenvalue weighted by Gasteiger charge is -2.35. The average Bonchev–Trinajstić information content (AvgIpc) is 2.86. The molecule has 1 aliphatic rings. The van der Waals surface area contributed by atoms with E-state index in [1.807, 2.05) is 18.2 Å². The van der Waals surface area contributed by atoms with Gasteiger partial charge in [-0.2, -0.15) is 0 Å². The number of benzene rings is 6. The van der Waals surface area contributed by atoms with Crippen molar-refractivity contribution in [3.63, 3.8) is 0 Å². The maximum absolute atomic E-state index is 13.5. The van der Waals surface area contributed by atoms with E-state index in [1.165, 1.54) is 32.3 Å². The molecule has 0 saturated heterocycles. The van der Waals surface area contributed by atoms with E-state index in [4.69, 9.17) is 0 Å². The predicted molar refractivity (Wildman–Crippen MR) is 140 cm³/mol. The van der Waals surface area contributed by atoms with E-state index in [9.17, 15) is 8.42 Å². The Bertz CT molecular complexity index is 1880. The fraction of sp³-hybridized carbons (Fsp3) is 0.0968. The molecule has 0 spiro atoms. The second-order valence-electron chi connectivity index (χ2n) is 9.80. The fourth-order valence-corrected chi connectivity index (χ4v) is 7.85. The van der Waals surface area contributed by atoms with Crippen LogP contribution in [0.5, 0.6) is 0 Å². The quantitative estimate of drug-likeness (QED) is 0.236. The third kappa shape index (κ3) is 2.43. The van der Waals surface area contributed by atoms with Gasteiger partial charge in [0.1, 0.15) is 0 Å². The highest BCUT2D eigenvalue weighted by molar-refractivity contribution is 7.91. The zero-order chi connectivity index (χ0) is 23.2. The van der Waals surface area contributed by atoms with E-state index in [0.717, 1.165) is 22.3 Å². The Morgan fingerprint density at radius 3 is 2.03 bits per heavy atom. The molecule has 0 radical (unpaired) electrons. The second kappa shape index (κ2) is 6.46. The van der Waals surface area contributed by atoms with Crippen LogP contribution in [0.25, 0.3) is 43.4 Å². The van der Waals surface area contributed by atoms with Crippen molar-refractivity contribution in [2.45, 2.75) is 29.1 Å². The Labute approximate surface area is 198 Å². The van der Waals surface area contributed by atoms with Gasteiger partial charge in [0.15, 0.2) is 0 Å². The van der Waals surface area contributed by atoms with Crippen LogP contribution in [0.4, 0.5) is 0 Å². The molecular formula is C31H22O2S. The third-order valence-electron chi connectivity index (χ3n) is 7.63. The SMILES string of the molecule is CC1(C)c2ccccc2S(=O)(=O)c2ccc(-c3ccc4ccc5cccc6ccc3c4c56)cc21. The van der Waals surface area contributed by atoms with E-state index in [0.29, 0.717) is 9.79 Å². The molecule has 0 fully saturated rings. The van der Waals surface area contributed by atoms with Crippen molar-refractivity contribution in [3.8, 4) is 11.1 Å². The summed E-state index contributed by atoms with van der Waals surface area (Å²) in [5, 5.41) is 7.44. The lowest BCUT2D eigenvalue weighted by molar-refractivity contribution is 0.556. The van der Waals surface area contributed by atoms with Crippen molar-refractivity contribution in [3.05, 3.63) is 108 Å². The Hall–Kier alpha value is -3.69. The lowest BCUT2D eigenvalue weighted by Crippen LogP contribution is -2.29. The summed E-state index contributed by atoms with van der Waals surface area (Å²) in [7, 11) is -3.56. The van der Waals surface area contributed by atoms with Gasteiger partial charge < -0.3 is 0 Å². The summed E-state index contributed by atoms with van der Waals surface area (Å²) in [5.41, 5.74) is 3.46. The largest absolute Gasteiger partial charge is 0.218 e. The zero-order valence-corrected chi connectivity index (χ0v) is 19.8. The highest BCUT2D eigenvalue weighted by Crippen LogP contribution is 2.47. The summed E-state index contributed by atoms with van der Waals surface area (Å²) in [6.45, 7) is 4.24. The van der Waals surface area contributed by atoms with Crippen LogP contribution in [-0.2, 0) is 15.3 Å². The summed E-state index contributed by atoms with van der Waals surface area (Å²) >= 11 is 0. The van der Waals surface area contributed by atoms with Crippen molar-refractivity contribution < 1.29 is 8.42 Å². The molecule has 0 aromatic heterocycles. The molecule has 6 aromatic rings. The summed E-state index contributed by atoms with van der Waals surface area (Å²) in [4.78, 5) is 0.834. The van der Waals surface area contributed by atoms with Crippen LogP contribution in [0.1, 0.15) is 25.0 Å². The minimum atomic E-state index is -3.56. The maximum atomic E-state index is 13.5. The van der Waals surface area contributed by atoms with Gasteiger partial charge in [-0.1, -0.05) is 92.7 Å². The first-order chi connectivity index (χ1) is 16.4. The monoisotopic (exact) mass is 458 g/mol. The molecule has 0 unspecified atom stereocenters. The van der Waals surface area contributed by atoms with Crippen molar-refractivity contribution in [2.75, 3.05) is 0 Å². The number of sulfone groups is 1. The molecule has 164 valence electrons. The molecular weight excluding hydrogens is 436 g/mol. The molecule has 0 saturated carbocycles. The van der Waals surface area contributed by atoms with Crippen molar-refractivity contribution in [1.82, 2.24) is 0 Å². The standard InChI is InChI=1S/C31H22O2S/c1-31(2)25-8-3-4-9-27(25)34(32,33)28-17-14-22(18-26(28)31)23-15-12-21-11-10-19-6-5-7-20-13-16-24(23)30(21)29(19)20/h3-18H,1-2H3. The lowest BCUT2D eigenvalue weighted by atomic mass is 9.76. The normalized spacial score (nSPS) is 16.1. The summed E-state index contributed by atoms with van der Waals surface area (Å²) in [5.74, 6) is 0. The molecule has 1 heterocycles. The molecule has 0 atom stereocenters. The molecule has 0 aliphatic carbocycles. The number of hydrogen-bond acceptors (Lipinski definition) is 2. The van der Waals surface area contributed by atoms with Gasteiger partial charge in [0.25, 0.3) is 0 Å². The third-order valence-corrected chi connectivity index (χ3v) is 9.50. The van der Waals surface area contributed by atoms with Crippen LogP contribution in [0.2, 0.25) is 0 Å². The summed E-state index contributed by atoms with van der Waals surface area (Å²) in [6, 6.07) is 32.8. The smallest absolute Gasteiger partial charge is 0.207 e. The Kier molecular flexibility index (Phi) is 3.75. The Morgan fingerprint density at radius 2 is 1.24 bits per heavy atom. The zero-order valence-electron chi connectivity index (χ0n) is 19.0. The van der Waals surface area contributed by atoms with E-state index in [1.54, 1.807) is 18.2 Å². The molecule has 6 aromatic carbocycles. The highest BCUT2D eigenvalue weighted by Gasteiger charge is 2.40. The van der Waals surface area contributed by atoms with Gasteiger partial charge in [-0.25, -0.2) is 8.42 Å². The van der Waals surface area contributed by atoms with Crippen LogP contribution in [-0.4, -0.2) is 8.42 Å². The molecule has 2 nitrogen and oxygen atoms in total. The van der Waals surface area contributed by atoms with Gasteiger partial charge in [-0.15, -0.1) is 0 Å². The molecule has 3 heteroatoms. The summed E-state index contributed by atoms with van der Waals surface area (Å²) < 4.78 is 26.9. The molecule has 34 heavy (non-hydrogen) atoms. The van der Waals surface area contributed by atoms with Crippen LogP contribution in [0.3, 0.4) is 0 Å². The maximum Gasteiger partial charge on any atom is 0.207 e. The minimum Gasteiger partial charge on any atom is -0.218 e. The molecule has 0 amide bonds. The second-order valence-corrected chi connectivity index (χ2v) is 11.7. The van der Waals surface area contributed by atoms with E-state index < -0.39 is 15.3 Å². The van der Waals surface area contributed by atoms with Crippen molar-refractivity contribution >= 4 is 42.2 Å². The topological polar surface area (TPSA) is 34.1 Å². The van der Waals surface area contributed by atoms with E-state index in [2.05, 4.69) is 74.5 Å². The molecule has 1 aliphatic heterocycles. The van der Waals surface area contributed by atoms with Gasteiger partial charge in [-0.05, 0) is 72.8 Å². The molecule has 7 rings (SSSR count). The highest BCUT2D eigenvalue weighted by atomic mass is 32.2. The minimum absolute atomic E-state index is 0.415. The van der Waals surface area contributed by atoms with Gasteiger partial charge in [0.05, 0.1) is 9.79 Å². The van der Waals surface area contributed by atoms with Gasteiger partial charge in [-0.3, -0.25) is 0 Å². The van der Waals surface area contributed by atoms with Crippen LogP contribution < -0.4 is 0 Å². The van der Waals surface area contributed by atoms with Crippen molar-refractivity contribution in [2.24, 2.45) is 0 Å². The first kappa shape index (κ1) is 19.7. The van der Waals surface area contributed by atoms with Gasteiger partial charge in [0, 0.05) is 5.41 Å². The van der Waals surface area contributed by atoms with E-state index in [-0.39, 0.29) is 0 Å². The Morgan fingerprint density at radius 1 is 0.588 bits per heavy atom. The average molecular weight is 459 g/mol. The number of fused-ring (bicyclic) bond motifs is 2. The van der Waals surface area contributed by atoms with Crippen molar-refractivity contribution in [1.29, 1.82) is 0 Å².